The Labute approximate surface area is 260 Å². The second kappa shape index (κ2) is 11.4. The van der Waals surface area contributed by atoms with Gasteiger partial charge in [-0.2, -0.15) is 0 Å². The number of hydrogen-bond donors (Lipinski definition) is 3. The van der Waals surface area contributed by atoms with Gasteiger partial charge in [-0.05, 0) is 44.2 Å². The molecule has 3 aliphatic rings. The molecule has 3 fully saturated rings. The smallest absolute Gasteiger partial charge is 0.259 e. The third kappa shape index (κ3) is 5.68. The summed E-state index contributed by atoms with van der Waals surface area (Å²) >= 11 is 1.53. The summed E-state index contributed by atoms with van der Waals surface area (Å²) < 4.78 is 39.1. The largest absolute Gasteiger partial charge is 0.496 e. The average molecular weight is 640 g/mol. The molecule has 11 nitrogen and oxygen atoms in total. The van der Waals surface area contributed by atoms with E-state index in [1.807, 2.05) is 30.5 Å². The Hall–Kier alpha value is -3.55. The van der Waals surface area contributed by atoms with Gasteiger partial charge in [0, 0.05) is 41.3 Å². The molecule has 234 valence electrons. The number of thiazole rings is 1. The first-order valence-corrected chi connectivity index (χ1v) is 17.2. The zero-order chi connectivity index (χ0) is 31.4. The molecule has 44 heavy (non-hydrogen) atoms. The summed E-state index contributed by atoms with van der Waals surface area (Å²) in [5, 5.41) is 9.15. The highest BCUT2D eigenvalue weighted by Crippen LogP contribution is 2.45. The maximum absolute atomic E-state index is 13.4. The Kier molecular flexibility index (Phi) is 7.91. The second-order valence-corrected chi connectivity index (χ2v) is 15.0. The molecule has 1 aromatic carbocycles. The predicted octanol–water partition coefficient (Wildman–Crippen LogP) is 3.58. The van der Waals surface area contributed by atoms with E-state index in [2.05, 4.69) is 35.8 Å². The van der Waals surface area contributed by atoms with Gasteiger partial charge in [-0.15, -0.1) is 17.9 Å². The summed E-state index contributed by atoms with van der Waals surface area (Å²) in [4.78, 5) is 36.2. The third-order valence-corrected chi connectivity index (χ3v) is 11.4. The van der Waals surface area contributed by atoms with Crippen molar-refractivity contribution in [2.45, 2.75) is 75.3 Å². The fourth-order valence-electron chi connectivity index (χ4n) is 5.67. The van der Waals surface area contributed by atoms with E-state index in [1.54, 1.807) is 13.2 Å². The molecule has 1 aliphatic heterocycles. The fourth-order valence-corrected chi connectivity index (χ4v) is 7.98. The van der Waals surface area contributed by atoms with Gasteiger partial charge >= 0.3 is 0 Å². The van der Waals surface area contributed by atoms with Crippen LogP contribution in [0.2, 0.25) is 0 Å². The summed E-state index contributed by atoms with van der Waals surface area (Å²) in [6, 6.07) is 5.07. The molecule has 2 aliphatic carbocycles. The summed E-state index contributed by atoms with van der Waals surface area (Å²) in [6.45, 7) is 10.3. The fraction of sp³-hybridized carbons (Fsp3) is 0.484. The molecule has 1 saturated heterocycles. The average Bonchev–Trinajstić information content (AvgIpc) is 3.86. The minimum absolute atomic E-state index is 0.288. The van der Waals surface area contributed by atoms with Crippen molar-refractivity contribution in [2.24, 2.45) is 5.92 Å². The zero-order valence-electron chi connectivity index (χ0n) is 25.2. The molecule has 0 radical (unpaired) electrons. The van der Waals surface area contributed by atoms with Crippen molar-refractivity contribution in [1.29, 1.82) is 0 Å². The Bertz CT molecular complexity index is 1750. The Balaban J connectivity index is 1.20. The molecule has 2 amide bonds. The first kappa shape index (κ1) is 30.5. The van der Waals surface area contributed by atoms with E-state index in [0.29, 0.717) is 43.7 Å². The number of aryl methyl sites for hydroxylation is 1. The van der Waals surface area contributed by atoms with Crippen LogP contribution < -0.4 is 24.8 Å². The van der Waals surface area contributed by atoms with Crippen LogP contribution in [0.15, 0.2) is 36.2 Å². The van der Waals surface area contributed by atoms with Crippen molar-refractivity contribution in [2.75, 3.05) is 13.7 Å². The van der Waals surface area contributed by atoms with E-state index in [9.17, 15) is 18.0 Å². The van der Waals surface area contributed by atoms with Crippen molar-refractivity contribution >= 4 is 44.1 Å². The number of aromatic nitrogens is 2. The summed E-state index contributed by atoms with van der Waals surface area (Å²) in [7, 11) is -2.12. The van der Waals surface area contributed by atoms with Gasteiger partial charge in [0.1, 0.15) is 33.8 Å². The zero-order valence-corrected chi connectivity index (χ0v) is 26.8. The van der Waals surface area contributed by atoms with Crippen LogP contribution in [0.3, 0.4) is 0 Å². The minimum Gasteiger partial charge on any atom is -0.496 e. The molecule has 2 aromatic heterocycles. The number of amides is 2. The number of carbonyl (C=O) groups is 2. The van der Waals surface area contributed by atoms with E-state index in [4.69, 9.17) is 19.4 Å². The van der Waals surface area contributed by atoms with Gasteiger partial charge in [-0.25, -0.2) is 18.4 Å². The maximum atomic E-state index is 13.4. The van der Waals surface area contributed by atoms with E-state index in [-0.39, 0.29) is 23.8 Å². The van der Waals surface area contributed by atoms with Crippen molar-refractivity contribution in [3.8, 4) is 22.2 Å². The highest BCUT2D eigenvalue weighted by Gasteiger charge is 2.61. The molecule has 3 aromatic rings. The van der Waals surface area contributed by atoms with Crippen molar-refractivity contribution < 1.29 is 27.5 Å². The Morgan fingerprint density at radius 2 is 2.00 bits per heavy atom. The highest BCUT2D eigenvalue weighted by atomic mass is 32.2. The molecule has 0 bridgehead atoms. The predicted molar refractivity (Wildman–Crippen MR) is 168 cm³/mol. The number of nitrogens with one attached hydrogen (secondary N) is 3. The lowest BCUT2D eigenvalue weighted by molar-refractivity contribution is -0.130. The van der Waals surface area contributed by atoms with Gasteiger partial charge < -0.3 is 20.1 Å². The van der Waals surface area contributed by atoms with E-state index >= 15 is 0 Å². The number of benzene rings is 1. The van der Waals surface area contributed by atoms with Gasteiger partial charge in [0.05, 0.1) is 29.6 Å². The van der Waals surface area contributed by atoms with Crippen LogP contribution in [0.25, 0.3) is 21.6 Å². The van der Waals surface area contributed by atoms with E-state index < -0.39 is 32.8 Å². The first-order valence-electron chi connectivity index (χ1n) is 14.8. The quantitative estimate of drug-likeness (QED) is 0.268. The number of pyridine rings is 1. The van der Waals surface area contributed by atoms with Gasteiger partial charge in [-0.3, -0.25) is 14.3 Å². The summed E-state index contributed by atoms with van der Waals surface area (Å²) in [5.74, 6) is 0.186. The topological polar surface area (TPSA) is 149 Å². The number of hydrogen-bond acceptors (Lipinski definition) is 10. The SMILES string of the molecule is C=C[C@@H]1C[C@]1(NC(=O)[C@@H]1C[C@@H](Oc2cc(-c3nc(C(C)C)cs3)nc3c(C)c(OC)ccc23)CN1)C(=O)NS(=O)(=O)C1CC1. The van der Waals surface area contributed by atoms with Crippen LogP contribution in [-0.2, 0) is 19.6 Å². The lowest BCUT2D eigenvalue weighted by Gasteiger charge is -2.21. The van der Waals surface area contributed by atoms with Crippen LogP contribution in [0.1, 0.15) is 56.7 Å². The molecule has 0 unspecified atom stereocenters. The molecular weight excluding hydrogens is 603 g/mol. The number of nitrogens with zero attached hydrogens (tertiary/aromatic N) is 2. The van der Waals surface area contributed by atoms with Crippen LogP contribution >= 0.6 is 11.3 Å². The number of methoxy groups -OCH3 is 1. The number of carbonyl (C=O) groups excluding carboxylic acids is 2. The van der Waals surface area contributed by atoms with Gasteiger partial charge in [0.2, 0.25) is 15.9 Å². The molecule has 0 spiro atoms. The summed E-state index contributed by atoms with van der Waals surface area (Å²) in [5.41, 5.74) is 2.00. The first-order chi connectivity index (χ1) is 21.0. The molecular formula is C31H37N5O6S2. The molecule has 6 rings (SSSR count). The number of fused-ring (bicyclic) bond motifs is 1. The standard InChI is InChI=1S/C31H37N5O6S2/c1-6-18-13-31(18,30(38)36-44(39,40)20-7-8-20)35-28(37)22-11-19(14-32-22)42-26-12-23(29-34-24(15-43-29)16(2)3)33-27-17(4)25(41-5)10-9-21(26)27/h6,9-10,12,15-16,18-20,22,32H,1,7-8,11,13-14H2,2-5H3,(H,35,37)(H,36,38)/t18-,19-,22+,31-/m1/s1. The Morgan fingerprint density at radius 3 is 2.64 bits per heavy atom. The van der Waals surface area contributed by atoms with Crippen molar-refractivity contribution in [3.63, 3.8) is 0 Å². The molecule has 2 saturated carbocycles. The number of sulfonamides is 1. The van der Waals surface area contributed by atoms with Gasteiger partial charge in [-0.1, -0.05) is 19.9 Å². The van der Waals surface area contributed by atoms with Gasteiger partial charge in [0.25, 0.3) is 5.91 Å². The summed E-state index contributed by atoms with van der Waals surface area (Å²) in [6.07, 6.45) is 2.95. The molecule has 13 heteroatoms. The van der Waals surface area contributed by atoms with Crippen LogP contribution in [0.5, 0.6) is 11.5 Å². The lowest BCUT2D eigenvalue weighted by Crippen LogP contribution is -2.55. The maximum Gasteiger partial charge on any atom is 0.259 e. The number of ether oxygens (including phenoxy) is 2. The number of rotatable bonds is 11. The molecule has 4 atom stereocenters. The molecule has 3 N–H and O–H groups in total. The molecule has 3 heterocycles. The van der Waals surface area contributed by atoms with Crippen LogP contribution in [0, 0.1) is 12.8 Å². The van der Waals surface area contributed by atoms with Gasteiger partial charge in [0.15, 0.2) is 0 Å². The third-order valence-electron chi connectivity index (χ3n) is 8.65. The lowest BCUT2D eigenvalue weighted by atomic mass is 10.1. The monoisotopic (exact) mass is 639 g/mol. The van der Waals surface area contributed by atoms with Crippen LogP contribution in [0.4, 0.5) is 0 Å². The van der Waals surface area contributed by atoms with E-state index in [1.165, 1.54) is 11.3 Å². The van der Waals surface area contributed by atoms with E-state index in [0.717, 1.165) is 32.9 Å². The minimum atomic E-state index is -3.75. The van der Waals surface area contributed by atoms with Crippen LogP contribution in [-0.4, -0.2) is 66.8 Å². The normalized spacial score (nSPS) is 24.7. The Morgan fingerprint density at radius 1 is 1.23 bits per heavy atom. The highest BCUT2D eigenvalue weighted by molar-refractivity contribution is 7.91. The van der Waals surface area contributed by atoms with Crippen molar-refractivity contribution in [1.82, 2.24) is 25.3 Å². The second-order valence-electron chi connectivity index (χ2n) is 12.1. The van der Waals surface area contributed by atoms with Crippen molar-refractivity contribution in [3.05, 3.63) is 47.5 Å².